The van der Waals surface area contributed by atoms with E-state index in [1.165, 1.54) is 4.90 Å². The summed E-state index contributed by atoms with van der Waals surface area (Å²) in [5.74, 6) is -1.53. The van der Waals surface area contributed by atoms with Gasteiger partial charge in [-0.15, -0.1) is 0 Å². The molecule has 3 amide bonds. The zero-order valence-electron chi connectivity index (χ0n) is 17.0. The van der Waals surface area contributed by atoms with E-state index < -0.39 is 23.9 Å². The summed E-state index contributed by atoms with van der Waals surface area (Å²) in [6.07, 6.45) is 0.892. The Hall–Kier alpha value is -3.88. The van der Waals surface area contributed by atoms with E-state index in [1.54, 1.807) is 31.2 Å². The van der Waals surface area contributed by atoms with Crippen molar-refractivity contribution in [1.82, 2.24) is 10.2 Å². The van der Waals surface area contributed by atoms with Gasteiger partial charge in [-0.3, -0.25) is 4.79 Å². The van der Waals surface area contributed by atoms with E-state index in [4.69, 9.17) is 5.21 Å². The zero-order chi connectivity index (χ0) is 22.4. The van der Waals surface area contributed by atoms with E-state index in [-0.39, 0.29) is 12.6 Å². The van der Waals surface area contributed by atoms with Gasteiger partial charge in [0.25, 0.3) is 0 Å². The van der Waals surface area contributed by atoms with Crippen LogP contribution < -0.4 is 10.6 Å². The molecule has 2 aromatic carbocycles. The molecule has 2 unspecified atom stereocenters. The summed E-state index contributed by atoms with van der Waals surface area (Å²) in [7, 11) is 0. The Morgan fingerprint density at radius 3 is 2.52 bits per heavy atom. The van der Waals surface area contributed by atoms with E-state index in [1.807, 2.05) is 30.3 Å². The third kappa shape index (κ3) is 5.19. The lowest BCUT2D eigenvalue weighted by molar-refractivity contribution is -0.149. The highest BCUT2D eigenvalue weighted by Gasteiger charge is 2.41. The van der Waals surface area contributed by atoms with Crippen molar-refractivity contribution in [2.45, 2.75) is 31.8 Å². The summed E-state index contributed by atoms with van der Waals surface area (Å²) >= 11 is 0. The SMILES string of the molecule is C/C(=N\O)c1cccc(NC(=O)NCC(=O)N2C(C(=O)O)CCC2c2ccccc2)c1. The van der Waals surface area contributed by atoms with Gasteiger partial charge in [-0.1, -0.05) is 47.6 Å². The molecular formula is C22H24N4O5. The highest BCUT2D eigenvalue weighted by molar-refractivity contribution is 6.00. The fourth-order valence-electron chi connectivity index (χ4n) is 3.71. The van der Waals surface area contributed by atoms with Gasteiger partial charge in [0.05, 0.1) is 18.3 Å². The maximum absolute atomic E-state index is 12.9. The molecule has 2 atom stereocenters. The maximum Gasteiger partial charge on any atom is 0.326 e. The monoisotopic (exact) mass is 424 g/mol. The largest absolute Gasteiger partial charge is 0.480 e. The standard InChI is InChI=1S/C22H24N4O5/c1-14(25-31)16-8-5-9-17(12-16)24-22(30)23-13-20(27)26-18(10-11-19(26)21(28)29)15-6-3-2-4-7-15/h2-9,12,18-19,31H,10-11,13H2,1H3,(H,28,29)(H2,23,24,30)/b25-14+. The molecule has 1 aliphatic heterocycles. The molecule has 162 valence electrons. The number of nitrogens with zero attached hydrogens (tertiary/aromatic N) is 2. The number of benzene rings is 2. The van der Waals surface area contributed by atoms with Crippen molar-refractivity contribution < 1.29 is 24.7 Å². The predicted molar refractivity (Wildman–Crippen MR) is 114 cm³/mol. The maximum atomic E-state index is 12.9. The number of hydrogen-bond acceptors (Lipinski definition) is 5. The number of likely N-dealkylation sites (tertiary alicyclic amines) is 1. The molecule has 1 saturated heterocycles. The number of hydrogen-bond donors (Lipinski definition) is 4. The average Bonchev–Trinajstić information content (AvgIpc) is 3.23. The molecule has 1 heterocycles. The number of aliphatic carboxylic acids is 1. The number of rotatable bonds is 6. The summed E-state index contributed by atoms with van der Waals surface area (Å²) in [4.78, 5) is 38.1. The van der Waals surface area contributed by atoms with Crippen LogP contribution in [0.5, 0.6) is 0 Å². The van der Waals surface area contributed by atoms with Crippen molar-refractivity contribution in [1.29, 1.82) is 0 Å². The number of oxime groups is 1. The van der Waals surface area contributed by atoms with Crippen LogP contribution in [0.15, 0.2) is 59.8 Å². The summed E-state index contributed by atoms with van der Waals surface area (Å²) in [6, 6.07) is 14.1. The fourth-order valence-corrected chi connectivity index (χ4v) is 3.71. The third-order valence-electron chi connectivity index (χ3n) is 5.23. The number of carbonyl (C=O) groups is 3. The van der Waals surface area contributed by atoms with Gasteiger partial charge in [-0.25, -0.2) is 9.59 Å². The first-order valence-corrected chi connectivity index (χ1v) is 9.83. The lowest BCUT2D eigenvalue weighted by atomic mass is 10.0. The molecule has 9 heteroatoms. The van der Waals surface area contributed by atoms with Gasteiger partial charge in [-0.2, -0.15) is 0 Å². The predicted octanol–water partition coefficient (Wildman–Crippen LogP) is 2.82. The Balaban J connectivity index is 1.65. The van der Waals surface area contributed by atoms with Crippen LogP contribution in [-0.2, 0) is 9.59 Å². The van der Waals surface area contributed by atoms with Crippen LogP contribution in [0.3, 0.4) is 0 Å². The lowest BCUT2D eigenvalue weighted by Gasteiger charge is -2.28. The van der Waals surface area contributed by atoms with Gasteiger partial charge < -0.3 is 25.8 Å². The molecule has 0 bridgehead atoms. The summed E-state index contributed by atoms with van der Waals surface area (Å²) < 4.78 is 0. The smallest absolute Gasteiger partial charge is 0.326 e. The van der Waals surface area contributed by atoms with Crippen molar-refractivity contribution in [2.24, 2.45) is 5.16 Å². The number of carbonyl (C=O) groups excluding carboxylic acids is 2. The van der Waals surface area contributed by atoms with Crippen LogP contribution in [0.1, 0.15) is 36.9 Å². The molecule has 0 aliphatic carbocycles. The molecule has 1 aliphatic rings. The number of carboxylic acid groups (broad SMARTS) is 1. The molecule has 0 radical (unpaired) electrons. The van der Waals surface area contributed by atoms with Gasteiger partial charge in [-0.05, 0) is 37.5 Å². The third-order valence-corrected chi connectivity index (χ3v) is 5.23. The van der Waals surface area contributed by atoms with Gasteiger partial charge in [0, 0.05) is 11.3 Å². The quantitative estimate of drug-likeness (QED) is 0.322. The Labute approximate surface area is 179 Å². The van der Waals surface area contributed by atoms with Crippen LogP contribution in [0.4, 0.5) is 10.5 Å². The van der Waals surface area contributed by atoms with Gasteiger partial charge >= 0.3 is 12.0 Å². The Morgan fingerprint density at radius 1 is 1.10 bits per heavy atom. The van der Waals surface area contributed by atoms with Crippen LogP contribution >= 0.6 is 0 Å². The number of urea groups is 1. The van der Waals surface area contributed by atoms with Crippen molar-refractivity contribution in [3.8, 4) is 0 Å². The number of carboxylic acids is 1. The summed E-state index contributed by atoms with van der Waals surface area (Å²) in [5.41, 5.74) is 2.34. The Morgan fingerprint density at radius 2 is 1.84 bits per heavy atom. The molecule has 2 aromatic rings. The van der Waals surface area contributed by atoms with Gasteiger partial charge in [0.2, 0.25) is 5.91 Å². The van der Waals surface area contributed by atoms with E-state index in [2.05, 4.69) is 15.8 Å². The van der Waals surface area contributed by atoms with Crippen LogP contribution in [0.25, 0.3) is 0 Å². The van der Waals surface area contributed by atoms with E-state index in [9.17, 15) is 19.5 Å². The second kappa shape index (κ2) is 9.75. The average molecular weight is 424 g/mol. The normalized spacial score (nSPS) is 18.5. The Bertz CT molecular complexity index is 992. The van der Waals surface area contributed by atoms with Crippen molar-refractivity contribution in [3.05, 3.63) is 65.7 Å². The summed E-state index contributed by atoms with van der Waals surface area (Å²) in [6.45, 7) is 1.28. The van der Waals surface area contributed by atoms with E-state index >= 15 is 0 Å². The first-order chi connectivity index (χ1) is 14.9. The van der Waals surface area contributed by atoms with Crippen LogP contribution in [0, 0.1) is 0 Å². The molecule has 0 saturated carbocycles. The second-order valence-corrected chi connectivity index (χ2v) is 7.23. The van der Waals surface area contributed by atoms with Crippen LogP contribution in [0.2, 0.25) is 0 Å². The highest BCUT2D eigenvalue weighted by Crippen LogP contribution is 2.36. The summed E-state index contributed by atoms with van der Waals surface area (Å²) in [5, 5.41) is 26.6. The molecule has 4 N–H and O–H groups in total. The van der Waals surface area contributed by atoms with Crippen molar-refractivity contribution in [2.75, 3.05) is 11.9 Å². The minimum atomic E-state index is -1.06. The minimum Gasteiger partial charge on any atom is -0.480 e. The molecular weight excluding hydrogens is 400 g/mol. The Kier molecular flexibility index (Phi) is 6.86. The minimum absolute atomic E-state index is 0.338. The molecule has 1 fully saturated rings. The molecule has 0 spiro atoms. The second-order valence-electron chi connectivity index (χ2n) is 7.23. The van der Waals surface area contributed by atoms with E-state index in [0.29, 0.717) is 29.8 Å². The van der Waals surface area contributed by atoms with Gasteiger partial charge in [0.15, 0.2) is 0 Å². The fraction of sp³-hybridized carbons (Fsp3) is 0.273. The van der Waals surface area contributed by atoms with E-state index in [0.717, 1.165) is 5.56 Å². The van der Waals surface area contributed by atoms with Crippen LogP contribution in [-0.4, -0.2) is 51.4 Å². The van der Waals surface area contributed by atoms with Gasteiger partial charge in [0.1, 0.15) is 6.04 Å². The lowest BCUT2D eigenvalue weighted by Crippen LogP contribution is -2.47. The number of amides is 3. The molecule has 9 nitrogen and oxygen atoms in total. The first kappa shape index (κ1) is 21.8. The van der Waals surface area contributed by atoms with Crippen molar-refractivity contribution in [3.63, 3.8) is 0 Å². The zero-order valence-corrected chi connectivity index (χ0v) is 17.0. The number of anilines is 1. The number of nitrogens with one attached hydrogen (secondary N) is 2. The van der Waals surface area contributed by atoms with Crippen molar-refractivity contribution >= 4 is 29.3 Å². The molecule has 3 rings (SSSR count). The topological polar surface area (TPSA) is 131 Å². The molecule has 31 heavy (non-hydrogen) atoms. The first-order valence-electron chi connectivity index (χ1n) is 9.83. The highest BCUT2D eigenvalue weighted by atomic mass is 16.4. The molecule has 0 aromatic heterocycles.